The van der Waals surface area contributed by atoms with Crippen LogP contribution in [-0.2, 0) is 0 Å². The van der Waals surface area contributed by atoms with Gasteiger partial charge in [-0.15, -0.1) is 0 Å². The molecule has 0 aromatic heterocycles. The van der Waals surface area contributed by atoms with Gasteiger partial charge in [0.05, 0.1) is 12.2 Å². The molecular formula is C21H27N2O2+. The van der Waals surface area contributed by atoms with Crippen LogP contribution in [0.2, 0.25) is 0 Å². The number of hydrogen-bond donors (Lipinski definition) is 3. The van der Waals surface area contributed by atoms with Crippen molar-refractivity contribution in [2.24, 2.45) is 0 Å². The van der Waals surface area contributed by atoms with Crippen LogP contribution in [0.1, 0.15) is 43.9 Å². The number of hydrogen-bond acceptors (Lipinski definition) is 3. The molecule has 1 heterocycles. The molecule has 4 N–H and O–H groups in total. The summed E-state index contributed by atoms with van der Waals surface area (Å²) in [4.78, 5) is 0. The van der Waals surface area contributed by atoms with Crippen LogP contribution in [0.25, 0.3) is 5.70 Å². The summed E-state index contributed by atoms with van der Waals surface area (Å²) in [6.07, 6.45) is 4.66. The number of phenolic OH excluding ortho intramolecular Hbond substituents is 1. The van der Waals surface area contributed by atoms with Crippen molar-refractivity contribution in [2.45, 2.75) is 38.9 Å². The Hall–Kier alpha value is -2.46. The zero-order valence-corrected chi connectivity index (χ0v) is 14.9. The van der Waals surface area contributed by atoms with Gasteiger partial charge in [-0.2, -0.15) is 0 Å². The van der Waals surface area contributed by atoms with Crippen LogP contribution >= 0.6 is 0 Å². The molecule has 0 fully saturated rings. The normalized spacial score (nSPS) is 19.8. The molecule has 1 aliphatic heterocycles. The summed E-state index contributed by atoms with van der Waals surface area (Å²) >= 11 is 0. The third-order valence-electron chi connectivity index (χ3n) is 4.50. The maximum absolute atomic E-state index is 10.2. The van der Waals surface area contributed by atoms with Crippen LogP contribution in [-0.4, -0.2) is 17.9 Å². The van der Waals surface area contributed by atoms with Crippen molar-refractivity contribution in [3.8, 4) is 11.5 Å². The molecule has 2 aromatic rings. The van der Waals surface area contributed by atoms with Crippen LogP contribution in [0.4, 0.5) is 0 Å². The summed E-state index contributed by atoms with van der Waals surface area (Å²) in [6, 6.07) is 15.9. The topological polar surface area (TPSA) is 58.1 Å². The molecule has 2 unspecified atom stereocenters. The Balaban J connectivity index is 1.91. The predicted octanol–water partition coefficient (Wildman–Crippen LogP) is 3.17. The van der Waals surface area contributed by atoms with Gasteiger partial charge in [-0.25, -0.2) is 0 Å². The van der Waals surface area contributed by atoms with E-state index in [4.69, 9.17) is 4.74 Å². The minimum atomic E-state index is 0.0977. The van der Waals surface area contributed by atoms with Crippen LogP contribution in [0.3, 0.4) is 0 Å². The first kappa shape index (κ1) is 17.4. The van der Waals surface area contributed by atoms with Gasteiger partial charge in [-0.1, -0.05) is 19.1 Å². The van der Waals surface area contributed by atoms with E-state index in [0.717, 1.165) is 35.4 Å². The molecule has 2 atom stereocenters. The van der Waals surface area contributed by atoms with Gasteiger partial charge in [0.15, 0.2) is 6.17 Å². The second-order valence-electron chi connectivity index (χ2n) is 6.35. The van der Waals surface area contributed by atoms with Gasteiger partial charge in [-0.05, 0) is 55.3 Å². The van der Waals surface area contributed by atoms with E-state index in [1.807, 2.05) is 37.3 Å². The number of phenols is 1. The van der Waals surface area contributed by atoms with Gasteiger partial charge in [0.1, 0.15) is 17.5 Å². The first-order valence-electron chi connectivity index (χ1n) is 9.05. The van der Waals surface area contributed by atoms with E-state index >= 15 is 0 Å². The zero-order valence-electron chi connectivity index (χ0n) is 14.9. The van der Waals surface area contributed by atoms with Crippen molar-refractivity contribution in [1.29, 1.82) is 0 Å². The van der Waals surface area contributed by atoms with E-state index in [-0.39, 0.29) is 6.04 Å². The standard InChI is InChI=1S/C21H26N2O2/c1-3-7-21-22-18(15-10-12-16(13-11-15)25-4-2)14-19(23-21)17-8-5-6-9-20(17)24/h5-6,8-14,19,21-24H,3-4,7H2,1-2H3/p+1. The van der Waals surface area contributed by atoms with Crippen LogP contribution in [0.5, 0.6) is 11.5 Å². The Labute approximate surface area is 149 Å². The number of nitrogens with one attached hydrogen (secondary N) is 1. The summed E-state index contributed by atoms with van der Waals surface area (Å²) in [5, 5.41) is 16.2. The Morgan fingerprint density at radius 3 is 2.52 bits per heavy atom. The highest BCUT2D eigenvalue weighted by molar-refractivity contribution is 5.66. The predicted molar refractivity (Wildman–Crippen MR) is 100 cm³/mol. The molecule has 0 bridgehead atoms. The average molecular weight is 339 g/mol. The highest BCUT2D eigenvalue weighted by atomic mass is 16.5. The maximum atomic E-state index is 10.2. The van der Waals surface area contributed by atoms with Crippen molar-refractivity contribution >= 4 is 5.70 Å². The smallest absolute Gasteiger partial charge is 0.159 e. The monoisotopic (exact) mass is 339 g/mol. The number of aromatic hydroxyl groups is 1. The molecule has 25 heavy (non-hydrogen) atoms. The number of para-hydroxylation sites is 1. The maximum Gasteiger partial charge on any atom is 0.159 e. The second-order valence-corrected chi connectivity index (χ2v) is 6.35. The average Bonchev–Trinajstić information content (AvgIpc) is 2.63. The lowest BCUT2D eigenvalue weighted by molar-refractivity contribution is -0.724. The number of quaternary nitrogens is 1. The third kappa shape index (κ3) is 4.15. The molecule has 0 saturated carbocycles. The molecule has 0 amide bonds. The van der Waals surface area contributed by atoms with E-state index < -0.39 is 0 Å². The largest absolute Gasteiger partial charge is 0.507 e. The first-order chi connectivity index (χ1) is 12.2. The first-order valence-corrected chi connectivity index (χ1v) is 9.05. The van der Waals surface area contributed by atoms with E-state index in [1.165, 1.54) is 0 Å². The van der Waals surface area contributed by atoms with E-state index in [2.05, 4.69) is 35.8 Å². The molecule has 0 spiro atoms. The fourth-order valence-electron chi connectivity index (χ4n) is 3.30. The van der Waals surface area contributed by atoms with E-state index in [1.54, 1.807) is 6.07 Å². The summed E-state index contributed by atoms with van der Waals surface area (Å²) in [5.74, 6) is 1.24. The van der Waals surface area contributed by atoms with Crippen molar-refractivity contribution in [3.05, 3.63) is 65.7 Å². The fraction of sp³-hybridized carbons (Fsp3) is 0.333. The summed E-state index contributed by atoms with van der Waals surface area (Å²) in [7, 11) is 0. The number of rotatable bonds is 6. The van der Waals surface area contributed by atoms with E-state index in [9.17, 15) is 5.11 Å². The third-order valence-corrected chi connectivity index (χ3v) is 4.50. The number of nitrogens with two attached hydrogens (primary N) is 1. The molecule has 0 aliphatic carbocycles. The Morgan fingerprint density at radius 2 is 1.84 bits per heavy atom. The molecule has 4 heteroatoms. The lowest BCUT2D eigenvalue weighted by Crippen LogP contribution is -2.94. The molecule has 0 radical (unpaired) electrons. The van der Waals surface area contributed by atoms with Crippen molar-refractivity contribution in [3.63, 3.8) is 0 Å². The zero-order chi connectivity index (χ0) is 17.6. The Kier molecular flexibility index (Phi) is 5.61. The SMILES string of the molecule is CCCC1NC(c2ccc(OCC)cc2)=CC(c2ccccc2O)[NH2+]1. The summed E-state index contributed by atoms with van der Waals surface area (Å²) in [6.45, 7) is 4.85. The Bertz CT molecular complexity index is 725. The minimum Gasteiger partial charge on any atom is -0.507 e. The molecule has 0 saturated heterocycles. The fourth-order valence-corrected chi connectivity index (χ4v) is 3.30. The lowest BCUT2D eigenvalue weighted by atomic mass is 9.98. The van der Waals surface area contributed by atoms with E-state index in [0.29, 0.717) is 18.5 Å². The van der Waals surface area contributed by atoms with Crippen LogP contribution in [0.15, 0.2) is 54.6 Å². The van der Waals surface area contributed by atoms with Crippen molar-refractivity contribution in [1.82, 2.24) is 5.32 Å². The van der Waals surface area contributed by atoms with Crippen molar-refractivity contribution in [2.75, 3.05) is 6.61 Å². The molecule has 3 rings (SSSR count). The van der Waals surface area contributed by atoms with Gasteiger partial charge < -0.3 is 20.5 Å². The number of benzene rings is 2. The van der Waals surface area contributed by atoms with Crippen LogP contribution < -0.4 is 15.4 Å². The molecule has 132 valence electrons. The van der Waals surface area contributed by atoms with Gasteiger partial charge in [0, 0.05) is 18.2 Å². The molecule has 4 nitrogen and oxygen atoms in total. The van der Waals surface area contributed by atoms with Gasteiger partial charge in [0.2, 0.25) is 0 Å². The van der Waals surface area contributed by atoms with Crippen molar-refractivity contribution < 1.29 is 15.2 Å². The Morgan fingerprint density at radius 1 is 1.08 bits per heavy atom. The summed E-state index contributed by atoms with van der Waals surface area (Å²) < 4.78 is 5.53. The van der Waals surface area contributed by atoms with Crippen LogP contribution in [0, 0.1) is 0 Å². The summed E-state index contributed by atoms with van der Waals surface area (Å²) in [5.41, 5.74) is 3.20. The molecule has 2 aromatic carbocycles. The minimum absolute atomic E-state index is 0.0977. The molecule has 1 aliphatic rings. The highest BCUT2D eigenvalue weighted by Gasteiger charge is 2.27. The second kappa shape index (κ2) is 8.08. The quantitative estimate of drug-likeness (QED) is 0.758. The van der Waals surface area contributed by atoms with Gasteiger partial charge in [-0.3, -0.25) is 0 Å². The molecular weight excluding hydrogens is 312 g/mol. The lowest BCUT2D eigenvalue weighted by Gasteiger charge is -2.29. The highest BCUT2D eigenvalue weighted by Crippen LogP contribution is 2.27. The van der Waals surface area contributed by atoms with Gasteiger partial charge in [0.25, 0.3) is 0 Å². The van der Waals surface area contributed by atoms with Gasteiger partial charge >= 0.3 is 0 Å². The number of ether oxygens (including phenoxy) is 1.